The fourth-order valence-electron chi connectivity index (χ4n) is 2.84. The molecule has 6 nitrogen and oxygen atoms in total. The van der Waals surface area contributed by atoms with Crippen molar-refractivity contribution in [1.82, 2.24) is 4.90 Å². The Morgan fingerprint density at radius 1 is 0.968 bits per heavy atom. The van der Waals surface area contributed by atoms with Crippen molar-refractivity contribution in [1.29, 1.82) is 0 Å². The Labute approximate surface area is 209 Å². The van der Waals surface area contributed by atoms with Gasteiger partial charge in [-0.1, -0.05) is 12.1 Å². The first-order valence-electron chi connectivity index (χ1n) is 9.05. The first kappa shape index (κ1) is 22.1. The third-order valence-electron chi connectivity index (χ3n) is 4.33. The van der Waals surface area contributed by atoms with Gasteiger partial charge in [-0.05, 0) is 105 Å². The number of furan rings is 1. The van der Waals surface area contributed by atoms with Gasteiger partial charge in [-0.25, -0.2) is 0 Å². The minimum Gasteiger partial charge on any atom is -0.457 e. The zero-order chi connectivity index (χ0) is 22.0. The highest BCUT2D eigenvalue weighted by atomic mass is 127. The average Bonchev–Trinajstić information content (AvgIpc) is 3.31. The van der Waals surface area contributed by atoms with E-state index in [-0.39, 0.29) is 11.4 Å². The molecule has 2 aromatic carbocycles. The van der Waals surface area contributed by atoms with E-state index in [0.29, 0.717) is 17.2 Å². The first-order valence-corrected chi connectivity index (χ1v) is 12.0. The molecule has 3 aromatic rings. The van der Waals surface area contributed by atoms with E-state index >= 15 is 0 Å². The number of nitrogens with one attached hydrogen (secondary N) is 1. The number of nitrogens with zero attached hydrogens (tertiary/aromatic N) is 1. The van der Waals surface area contributed by atoms with Crippen molar-refractivity contribution in [3.63, 3.8) is 0 Å². The first-order chi connectivity index (χ1) is 14.9. The van der Waals surface area contributed by atoms with Crippen LogP contribution in [0.5, 0.6) is 0 Å². The van der Waals surface area contributed by atoms with E-state index in [2.05, 4.69) is 50.5 Å². The molecular weight excluding hydrogens is 642 g/mol. The van der Waals surface area contributed by atoms with Gasteiger partial charge in [0.1, 0.15) is 18.1 Å². The topological polar surface area (TPSA) is 79.6 Å². The van der Waals surface area contributed by atoms with Crippen molar-refractivity contribution < 1.29 is 18.8 Å². The third kappa shape index (κ3) is 5.39. The molecule has 1 aliphatic rings. The summed E-state index contributed by atoms with van der Waals surface area (Å²) in [5, 5.41) is 2.20. The van der Waals surface area contributed by atoms with Crippen molar-refractivity contribution in [2.24, 2.45) is 0 Å². The second-order valence-electron chi connectivity index (χ2n) is 6.53. The summed E-state index contributed by atoms with van der Waals surface area (Å²) in [4.78, 5) is 38.4. The van der Waals surface area contributed by atoms with Crippen LogP contribution in [0, 0.1) is 7.14 Å². The van der Waals surface area contributed by atoms with E-state index in [4.69, 9.17) is 4.42 Å². The van der Waals surface area contributed by atoms with Crippen LogP contribution in [0.1, 0.15) is 5.76 Å². The van der Waals surface area contributed by atoms with Crippen molar-refractivity contribution >= 4 is 85.8 Å². The van der Waals surface area contributed by atoms with Gasteiger partial charge in [-0.2, -0.15) is 0 Å². The Morgan fingerprint density at radius 2 is 1.61 bits per heavy atom. The molecule has 0 atom stereocenters. The number of hydrogen-bond acceptors (Lipinski definition) is 5. The summed E-state index contributed by atoms with van der Waals surface area (Å²) in [5.74, 6) is 0.171. The molecule has 0 saturated carbocycles. The molecule has 4 rings (SSSR count). The molecule has 1 N–H and O–H groups in total. The molecule has 1 saturated heterocycles. The zero-order valence-electron chi connectivity index (χ0n) is 15.8. The number of thioether (sulfide) groups is 1. The van der Waals surface area contributed by atoms with E-state index in [1.54, 1.807) is 18.2 Å². The predicted molar refractivity (Wildman–Crippen MR) is 137 cm³/mol. The lowest BCUT2D eigenvalue weighted by atomic mass is 10.2. The highest BCUT2D eigenvalue weighted by Crippen LogP contribution is 2.33. The van der Waals surface area contributed by atoms with Crippen LogP contribution in [-0.4, -0.2) is 28.5 Å². The van der Waals surface area contributed by atoms with E-state index in [1.165, 1.54) is 6.08 Å². The fourth-order valence-corrected chi connectivity index (χ4v) is 4.38. The summed E-state index contributed by atoms with van der Waals surface area (Å²) in [5.41, 5.74) is 1.52. The Kier molecular flexibility index (Phi) is 6.82. The van der Waals surface area contributed by atoms with E-state index < -0.39 is 17.1 Å². The maximum Gasteiger partial charge on any atom is 0.294 e. The third-order valence-corrected chi connectivity index (χ3v) is 6.68. The molecule has 0 bridgehead atoms. The van der Waals surface area contributed by atoms with Gasteiger partial charge in [-0.15, -0.1) is 0 Å². The van der Waals surface area contributed by atoms with Crippen LogP contribution < -0.4 is 5.32 Å². The van der Waals surface area contributed by atoms with Gasteiger partial charge in [0.15, 0.2) is 0 Å². The van der Waals surface area contributed by atoms with Gasteiger partial charge in [0.2, 0.25) is 5.91 Å². The Balaban J connectivity index is 1.44. The van der Waals surface area contributed by atoms with Crippen molar-refractivity contribution in [2.75, 3.05) is 11.9 Å². The molecule has 156 valence electrons. The number of amides is 3. The van der Waals surface area contributed by atoms with Crippen LogP contribution in [0.3, 0.4) is 0 Å². The summed E-state index contributed by atoms with van der Waals surface area (Å²) in [6.07, 6.45) is 1.53. The standard InChI is InChI=1S/C22H14I2N2O4S/c23-14-3-1-13(2-4-14)18-10-9-17(30-18)11-19-21(28)26(22(29)31-19)12-20(27)25-16-7-5-15(24)6-8-16/h1-11H,12H2,(H,25,27)/b19-11-. The number of carbonyl (C=O) groups excluding carboxylic acids is 3. The van der Waals surface area contributed by atoms with Crippen molar-refractivity contribution in [2.45, 2.75) is 0 Å². The van der Waals surface area contributed by atoms with Gasteiger partial charge in [0.25, 0.3) is 11.1 Å². The van der Waals surface area contributed by atoms with Crippen LogP contribution in [0.2, 0.25) is 0 Å². The summed E-state index contributed by atoms with van der Waals surface area (Å²) >= 11 is 5.19. The second-order valence-corrected chi connectivity index (χ2v) is 10.0. The van der Waals surface area contributed by atoms with Crippen LogP contribution in [0.15, 0.2) is 70.0 Å². The minimum absolute atomic E-state index is 0.218. The second kappa shape index (κ2) is 9.57. The Morgan fingerprint density at radius 3 is 2.29 bits per heavy atom. The van der Waals surface area contributed by atoms with Crippen LogP contribution in [0.25, 0.3) is 17.4 Å². The zero-order valence-corrected chi connectivity index (χ0v) is 20.9. The largest absolute Gasteiger partial charge is 0.457 e. The number of halogens is 2. The van der Waals surface area contributed by atoms with Gasteiger partial charge >= 0.3 is 0 Å². The fraction of sp³-hybridized carbons (Fsp3) is 0.0455. The molecule has 3 amide bonds. The highest BCUT2D eigenvalue weighted by molar-refractivity contribution is 14.1. The lowest BCUT2D eigenvalue weighted by molar-refractivity contribution is -0.127. The van der Waals surface area contributed by atoms with Crippen LogP contribution >= 0.6 is 56.9 Å². The number of imide groups is 1. The van der Waals surface area contributed by atoms with Gasteiger partial charge < -0.3 is 9.73 Å². The summed E-state index contributed by atoms with van der Waals surface area (Å²) < 4.78 is 7.96. The number of anilines is 1. The molecule has 2 heterocycles. The summed E-state index contributed by atoms with van der Waals surface area (Å²) in [6, 6.07) is 18.6. The maximum atomic E-state index is 12.7. The molecule has 0 unspecified atom stereocenters. The van der Waals surface area contributed by atoms with E-state index in [9.17, 15) is 14.4 Å². The van der Waals surface area contributed by atoms with E-state index in [0.717, 1.165) is 29.4 Å². The van der Waals surface area contributed by atoms with Gasteiger partial charge in [0, 0.05) is 24.5 Å². The highest BCUT2D eigenvalue weighted by Gasteiger charge is 2.36. The molecule has 1 aliphatic heterocycles. The number of hydrogen-bond donors (Lipinski definition) is 1. The van der Waals surface area contributed by atoms with Crippen molar-refractivity contribution in [3.8, 4) is 11.3 Å². The average molecular weight is 656 g/mol. The quantitative estimate of drug-likeness (QED) is 0.277. The number of rotatable bonds is 5. The predicted octanol–water partition coefficient (Wildman–Crippen LogP) is 5.83. The molecular formula is C22H14I2N2O4S. The number of carbonyl (C=O) groups is 3. The molecule has 0 spiro atoms. The van der Waals surface area contributed by atoms with Gasteiger partial charge in [-0.3, -0.25) is 19.3 Å². The smallest absolute Gasteiger partial charge is 0.294 e. The molecule has 31 heavy (non-hydrogen) atoms. The minimum atomic E-state index is -0.514. The maximum absolute atomic E-state index is 12.7. The van der Waals surface area contributed by atoms with Crippen LogP contribution in [0.4, 0.5) is 10.5 Å². The van der Waals surface area contributed by atoms with Crippen molar-refractivity contribution in [3.05, 3.63) is 78.5 Å². The van der Waals surface area contributed by atoms with E-state index in [1.807, 2.05) is 42.5 Å². The molecule has 1 fully saturated rings. The normalized spacial score (nSPS) is 15.0. The molecule has 0 aliphatic carbocycles. The monoisotopic (exact) mass is 656 g/mol. The lowest BCUT2D eigenvalue weighted by Gasteiger charge is -2.12. The summed E-state index contributed by atoms with van der Waals surface area (Å²) in [7, 11) is 0. The molecule has 0 radical (unpaired) electrons. The molecule has 1 aromatic heterocycles. The Hall–Kier alpha value is -2.12. The Bertz CT molecular complexity index is 1190. The van der Waals surface area contributed by atoms with Crippen LogP contribution in [-0.2, 0) is 9.59 Å². The summed E-state index contributed by atoms with van der Waals surface area (Å²) in [6.45, 7) is -0.347. The lowest BCUT2D eigenvalue weighted by Crippen LogP contribution is -2.36. The van der Waals surface area contributed by atoms with Gasteiger partial charge in [0.05, 0.1) is 4.91 Å². The SMILES string of the molecule is O=C(CN1C(=O)S/C(=C\c2ccc(-c3ccc(I)cc3)o2)C1=O)Nc1ccc(I)cc1. The number of benzene rings is 2. The molecule has 9 heteroatoms.